The summed E-state index contributed by atoms with van der Waals surface area (Å²) in [7, 11) is 0. The summed E-state index contributed by atoms with van der Waals surface area (Å²) in [5.74, 6) is -0.923. The summed E-state index contributed by atoms with van der Waals surface area (Å²) in [5, 5.41) is 20.8. The molecule has 6 atom stereocenters. The molecule has 0 radical (unpaired) electrons. The number of Topliss-reactive ketones (excluding diaryl/α,β-unsaturated/α-hetero) is 1. The first-order valence-electron chi connectivity index (χ1n) is 9.47. The van der Waals surface area contributed by atoms with E-state index in [1.54, 1.807) is 6.07 Å². The van der Waals surface area contributed by atoms with E-state index >= 15 is 0 Å². The molecule has 1 heterocycles. The third kappa shape index (κ3) is 3.60. The van der Waals surface area contributed by atoms with Crippen LogP contribution in [0.15, 0.2) is 35.2 Å². The van der Waals surface area contributed by atoms with Crippen LogP contribution in [0, 0.1) is 23.2 Å². The van der Waals surface area contributed by atoms with Gasteiger partial charge in [0.2, 0.25) is 0 Å². The van der Waals surface area contributed by atoms with E-state index in [2.05, 4.69) is 13.5 Å². The Hall–Kier alpha value is -1.92. The number of ether oxygens (including phenoxy) is 1. The first-order chi connectivity index (χ1) is 12.8. The predicted molar refractivity (Wildman–Crippen MR) is 97.9 cm³/mol. The van der Waals surface area contributed by atoms with Crippen LogP contribution in [-0.4, -0.2) is 40.8 Å². The number of carbonyl (C=O) groups is 2. The second-order valence-corrected chi connectivity index (χ2v) is 8.19. The molecule has 27 heavy (non-hydrogen) atoms. The largest absolute Gasteiger partial charge is 0.472 e. The molecule has 1 aromatic heterocycles. The van der Waals surface area contributed by atoms with Crippen LogP contribution in [0.1, 0.15) is 49.9 Å². The zero-order chi connectivity index (χ0) is 19.8. The minimum absolute atomic E-state index is 0.0195. The van der Waals surface area contributed by atoms with E-state index in [-0.39, 0.29) is 36.6 Å². The predicted octanol–water partition coefficient (Wildman–Crippen LogP) is 2.75. The molecule has 0 aliphatic heterocycles. The highest BCUT2D eigenvalue weighted by Crippen LogP contribution is 2.58. The number of furan rings is 1. The first kappa shape index (κ1) is 19.8. The zero-order valence-corrected chi connectivity index (χ0v) is 15.9. The molecule has 2 aliphatic carbocycles. The molecule has 6 nitrogen and oxygen atoms in total. The third-order valence-corrected chi connectivity index (χ3v) is 6.62. The van der Waals surface area contributed by atoms with Crippen molar-refractivity contribution in [2.75, 3.05) is 6.61 Å². The van der Waals surface area contributed by atoms with Gasteiger partial charge in [0, 0.05) is 25.9 Å². The van der Waals surface area contributed by atoms with Gasteiger partial charge in [-0.2, -0.15) is 0 Å². The number of fused-ring (bicyclic) bond motifs is 1. The van der Waals surface area contributed by atoms with Gasteiger partial charge >= 0.3 is 5.97 Å². The molecule has 2 saturated carbocycles. The Labute approximate surface area is 159 Å². The smallest absolute Gasteiger partial charge is 0.303 e. The number of allylic oxidation sites excluding steroid dienone is 1. The van der Waals surface area contributed by atoms with Gasteiger partial charge in [-0.25, -0.2) is 0 Å². The lowest BCUT2D eigenvalue weighted by molar-refractivity contribution is -0.186. The van der Waals surface area contributed by atoms with Crippen LogP contribution in [0.4, 0.5) is 0 Å². The van der Waals surface area contributed by atoms with Gasteiger partial charge in [-0.05, 0) is 42.6 Å². The monoisotopic (exact) mass is 376 g/mol. The summed E-state index contributed by atoms with van der Waals surface area (Å²) in [6, 6.07) is 1.65. The Kier molecular flexibility index (Phi) is 5.58. The maximum Gasteiger partial charge on any atom is 0.303 e. The molecular weight excluding hydrogens is 348 g/mol. The maximum absolute atomic E-state index is 12.7. The van der Waals surface area contributed by atoms with Gasteiger partial charge < -0.3 is 19.4 Å². The molecule has 3 rings (SSSR count). The van der Waals surface area contributed by atoms with E-state index in [4.69, 9.17) is 9.15 Å². The van der Waals surface area contributed by atoms with E-state index in [0.29, 0.717) is 12.0 Å². The molecule has 0 saturated heterocycles. The fourth-order valence-corrected chi connectivity index (χ4v) is 5.34. The van der Waals surface area contributed by atoms with Crippen molar-refractivity contribution in [1.82, 2.24) is 0 Å². The van der Waals surface area contributed by atoms with E-state index < -0.39 is 23.6 Å². The minimum Gasteiger partial charge on any atom is -0.472 e. The average molecular weight is 376 g/mol. The van der Waals surface area contributed by atoms with E-state index in [1.807, 2.05) is 0 Å². The second-order valence-electron chi connectivity index (χ2n) is 8.19. The van der Waals surface area contributed by atoms with Crippen LogP contribution < -0.4 is 0 Å². The molecule has 2 N–H and O–H groups in total. The summed E-state index contributed by atoms with van der Waals surface area (Å²) in [6.07, 6.45) is 3.54. The van der Waals surface area contributed by atoms with Crippen LogP contribution in [-0.2, 0) is 9.53 Å². The SMILES string of the molecule is C=C1CC[C@@H]2[C@H](CO)[C@H](OC(C)=O)[C@H](O)C[C@@]2(C)[C@@H]1CC(=O)c1ccoc1. The quantitative estimate of drug-likeness (QED) is 0.466. The Bertz CT molecular complexity index is 708. The van der Waals surface area contributed by atoms with Gasteiger partial charge in [0.25, 0.3) is 0 Å². The van der Waals surface area contributed by atoms with E-state index in [9.17, 15) is 19.8 Å². The minimum atomic E-state index is -0.885. The number of carbonyl (C=O) groups excluding carboxylic acids is 2. The van der Waals surface area contributed by atoms with Crippen molar-refractivity contribution >= 4 is 11.8 Å². The fraction of sp³-hybridized carbons (Fsp3) is 0.619. The van der Waals surface area contributed by atoms with E-state index in [1.165, 1.54) is 19.5 Å². The number of aliphatic hydroxyl groups is 2. The first-order valence-corrected chi connectivity index (χ1v) is 9.47. The topological polar surface area (TPSA) is 97.0 Å². The summed E-state index contributed by atoms with van der Waals surface area (Å²) < 4.78 is 10.4. The lowest BCUT2D eigenvalue weighted by atomic mass is 9.49. The van der Waals surface area contributed by atoms with Crippen LogP contribution >= 0.6 is 0 Å². The highest BCUT2D eigenvalue weighted by molar-refractivity contribution is 5.96. The number of hydrogen-bond acceptors (Lipinski definition) is 6. The summed E-state index contributed by atoms with van der Waals surface area (Å²) in [4.78, 5) is 24.2. The molecule has 0 amide bonds. The average Bonchev–Trinajstić information content (AvgIpc) is 3.13. The van der Waals surface area contributed by atoms with Gasteiger partial charge in [0.15, 0.2) is 5.78 Å². The van der Waals surface area contributed by atoms with Gasteiger partial charge in [-0.1, -0.05) is 19.1 Å². The lowest BCUT2D eigenvalue weighted by Gasteiger charge is -2.57. The molecule has 0 bridgehead atoms. The molecule has 6 heteroatoms. The standard InChI is InChI=1S/C21H28O6/c1-12-4-5-16-15(10-22)20(27-13(2)23)19(25)9-21(16,3)17(12)8-18(24)14-6-7-26-11-14/h6-7,11,15-17,19-20,22,25H,1,4-5,8-10H2,2-3H3/t15-,16+,17+,19+,20-,21+/m0/s1. The number of hydrogen-bond donors (Lipinski definition) is 2. The fourth-order valence-electron chi connectivity index (χ4n) is 5.34. The molecule has 2 fully saturated rings. The normalized spacial score (nSPS) is 36.1. The van der Waals surface area contributed by atoms with Gasteiger partial charge in [-0.15, -0.1) is 0 Å². The Balaban J connectivity index is 1.89. The molecule has 0 spiro atoms. The van der Waals surface area contributed by atoms with Gasteiger partial charge in [-0.3, -0.25) is 9.59 Å². The number of rotatable bonds is 5. The van der Waals surface area contributed by atoms with Crippen molar-refractivity contribution in [3.05, 3.63) is 36.3 Å². The number of ketones is 1. The molecular formula is C21H28O6. The summed E-state index contributed by atoms with van der Waals surface area (Å²) in [6.45, 7) is 7.40. The second kappa shape index (κ2) is 7.60. The molecule has 0 unspecified atom stereocenters. The van der Waals surface area contributed by atoms with E-state index in [0.717, 1.165) is 18.4 Å². The van der Waals surface area contributed by atoms with Crippen LogP contribution in [0.5, 0.6) is 0 Å². The Morgan fingerprint density at radius 3 is 2.78 bits per heavy atom. The number of aliphatic hydroxyl groups excluding tert-OH is 2. The van der Waals surface area contributed by atoms with Crippen LogP contribution in [0.25, 0.3) is 0 Å². The Morgan fingerprint density at radius 2 is 2.19 bits per heavy atom. The van der Waals surface area contributed by atoms with Gasteiger partial charge in [0.05, 0.1) is 17.9 Å². The molecule has 1 aromatic rings. The van der Waals surface area contributed by atoms with Crippen molar-refractivity contribution in [2.24, 2.45) is 23.2 Å². The van der Waals surface area contributed by atoms with Crippen LogP contribution in [0.3, 0.4) is 0 Å². The van der Waals surface area contributed by atoms with Crippen molar-refractivity contribution in [2.45, 2.75) is 51.7 Å². The maximum atomic E-state index is 12.7. The molecule has 0 aromatic carbocycles. The lowest BCUT2D eigenvalue weighted by Crippen LogP contribution is -2.58. The Morgan fingerprint density at radius 1 is 1.44 bits per heavy atom. The summed E-state index contributed by atoms with van der Waals surface area (Å²) in [5.41, 5.74) is 1.12. The zero-order valence-electron chi connectivity index (χ0n) is 15.9. The van der Waals surface area contributed by atoms with Crippen LogP contribution in [0.2, 0.25) is 0 Å². The van der Waals surface area contributed by atoms with Crippen molar-refractivity contribution in [3.8, 4) is 0 Å². The highest BCUT2D eigenvalue weighted by atomic mass is 16.6. The van der Waals surface area contributed by atoms with Gasteiger partial charge in [0.1, 0.15) is 12.4 Å². The number of esters is 1. The molecule has 2 aliphatic rings. The summed E-state index contributed by atoms with van der Waals surface area (Å²) >= 11 is 0. The van der Waals surface area contributed by atoms with Crippen molar-refractivity contribution < 1.29 is 29.0 Å². The van der Waals surface area contributed by atoms with Crippen molar-refractivity contribution in [1.29, 1.82) is 0 Å². The van der Waals surface area contributed by atoms with Crippen molar-refractivity contribution in [3.63, 3.8) is 0 Å². The third-order valence-electron chi connectivity index (χ3n) is 6.62. The highest BCUT2D eigenvalue weighted by Gasteiger charge is 2.56. The molecule has 148 valence electrons.